The third-order valence-corrected chi connectivity index (χ3v) is 10.9. The van der Waals surface area contributed by atoms with Crippen molar-refractivity contribution < 1.29 is 38.5 Å². The van der Waals surface area contributed by atoms with Gasteiger partial charge in [0, 0.05) is 41.5 Å². The first-order valence-corrected chi connectivity index (χ1v) is 18.8. The highest BCUT2D eigenvalue weighted by Gasteiger charge is 2.76. The number of hydrogen-bond acceptors (Lipinski definition) is 9. The molecule has 1 saturated carbocycles. The van der Waals surface area contributed by atoms with Gasteiger partial charge in [-0.05, 0) is 70.8 Å². The molecular weight excluding hydrogens is 741 g/mol. The fourth-order valence-electron chi connectivity index (χ4n) is 7.95. The van der Waals surface area contributed by atoms with Gasteiger partial charge in [0.15, 0.2) is 11.8 Å². The summed E-state index contributed by atoms with van der Waals surface area (Å²) in [6.45, 7) is 4.75. The fourth-order valence-corrected chi connectivity index (χ4v) is 8.56. The lowest BCUT2D eigenvalue weighted by Gasteiger charge is -2.48. The second-order valence-corrected chi connectivity index (χ2v) is 15.0. The van der Waals surface area contributed by atoms with Crippen LogP contribution in [0.15, 0.2) is 48.5 Å². The van der Waals surface area contributed by atoms with E-state index in [9.17, 15) is 14.4 Å². The predicted octanol–water partition coefficient (Wildman–Crippen LogP) is 4.77. The number of carbonyl (C=O) groups is 3. The summed E-state index contributed by atoms with van der Waals surface area (Å²) < 4.78 is 21.0. The van der Waals surface area contributed by atoms with Crippen molar-refractivity contribution in [2.24, 2.45) is 5.41 Å². The summed E-state index contributed by atoms with van der Waals surface area (Å²) in [4.78, 5) is 47.9. The Bertz CT molecular complexity index is 1500. The van der Waals surface area contributed by atoms with Crippen molar-refractivity contribution in [3.8, 4) is 0 Å². The van der Waals surface area contributed by atoms with E-state index in [1.54, 1.807) is 23.3 Å². The highest BCUT2D eigenvalue weighted by molar-refractivity contribution is 14.1. The van der Waals surface area contributed by atoms with Crippen molar-refractivity contribution in [3.63, 3.8) is 0 Å². The number of aliphatic hydroxyl groups excluding tert-OH is 1. The van der Waals surface area contributed by atoms with Crippen LogP contribution in [0, 0.1) is 8.99 Å². The van der Waals surface area contributed by atoms with Gasteiger partial charge in [0.05, 0.1) is 13.2 Å². The van der Waals surface area contributed by atoms with Crippen molar-refractivity contribution in [1.82, 2.24) is 15.7 Å². The van der Waals surface area contributed by atoms with Gasteiger partial charge in [0.25, 0.3) is 5.91 Å². The molecule has 0 spiro atoms. The first kappa shape index (κ1) is 36.2. The van der Waals surface area contributed by atoms with Crippen LogP contribution in [0.2, 0.25) is 0 Å². The maximum atomic E-state index is 14.7. The van der Waals surface area contributed by atoms with Crippen LogP contribution in [0.3, 0.4) is 0 Å². The maximum absolute atomic E-state index is 14.7. The minimum atomic E-state index is -1.29. The molecule has 3 aliphatic heterocycles. The van der Waals surface area contributed by atoms with Gasteiger partial charge in [-0.3, -0.25) is 19.2 Å². The van der Waals surface area contributed by atoms with Gasteiger partial charge in [-0.25, -0.2) is 0 Å². The molecule has 6 atom stereocenters. The molecule has 2 aromatic rings. The van der Waals surface area contributed by atoms with Crippen LogP contribution >= 0.6 is 22.6 Å². The average molecular weight is 790 g/mol. The molecule has 0 radical (unpaired) electrons. The molecule has 4 aliphatic rings. The number of nitrogens with one attached hydrogen (secondary N) is 2. The Morgan fingerprint density at radius 1 is 0.959 bits per heavy atom. The normalized spacial score (nSPS) is 28.2. The summed E-state index contributed by atoms with van der Waals surface area (Å²) in [7, 11) is 0. The summed E-state index contributed by atoms with van der Waals surface area (Å²) in [5.74, 6) is -1.96. The summed E-state index contributed by atoms with van der Waals surface area (Å²) >= 11 is 2.26. The molecule has 2 bridgehead atoms. The number of ether oxygens (including phenoxy) is 3. The molecular formula is C37H48IN3O8. The van der Waals surface area contributed by atoms with Crippen LogP contribution in [-0.2, 0) is 41.7 Å². The van der Waals surface area contributed by atoms with Gasteiger partial charge in [-0.15, -0.1) is 0 Å². The smallest absolute Gasteiger partial charge is 0.327 e. The minimum absolute atomic E-state index is 0.140. The number of fused-ring (bicyclic) bond motifs is 4. The highest BCUT2D eigenvalue weighted by atomic mass is 127. The molecule has 266 valence electrons. The molecule has 6 rings (SSSR count). The number of rotatable bonds is 16. The fraction of sp³-hybridized carbons (Fsp3) is 0.595. The lowest BCUT2D eigenvalue weighted by atomic mass is 9.62. The largest absolute Gasteiger partial charge is 0.458 e. The summed E-state index contributed by atoms with van der Waals surface area (Å²) in [6, 6.07) is 14.0. The van der Waals surface area contributed by atoms with Gasteiger partial charge in [0.1, 0.15) is 29.8 Å². The van der Waals surface area contributed by atoms with Gasteiger partial charge >= 0.3 is 5.97 Å². The van der Waals surface area contributed by atoms with Crippen LogP contribution in [0.25, 0.3) is 0 Å². The molecule has 49 heavy (non-hydrogen) atoms. The molecule has 0 aromatic heterocycles. The van der Waals surface area contributed by atoms with Crippen LogP contribution < -0.4 is 10.6 Å². The molecule has 11 nitrogen and oxygen atoms in total. The van der Waals surface area contributed by atoms with E-state index in [2.05, 4.69) is 47.1 Å². The van der Waals surface area contributed by atoms with Crippen molar-refractivity contribution in [3.05, 3.63) is 68.8 Å². The molecule has 6 unspecified atom stereocenters. The number of amides is 2. The molecule has 3 saturated heterocycles. The standard InChI is InChI=1S/C37H48IN3O8/c1-3-5-7-15-36(16-8-6-4-2)47-29-28-21-37(35(45)40-22-24-11-9-13-26(19-24)33(43)39-17-18-42)31(34(44)46-28)41(49-32(37)30(29)48-36)23-25-12-10-14-27(38)20-25/h9-14,19-20,28-32,42H,3-8,15-18,21-23H2,1-2H3,(H,39,43)(H,40,45). The van der Waals surface area contributed by atoms with E-state index in [1.165, 1.54) is 0 Å². The number of esters is 1. The molecule has 12 heteroatoms. The predicted molar refractivity (Wildman–Crippen MR) is 189 cm³/mol. The average Bonchev–Trinajstić information content (AvgIpc) is 3.65. The first-order valence-electron chi connectivity index (χ1n) is 17.7. The Morgan fingerprint density at radius 3 is 2.39 bits per heavy atom. The Kier molecular flexibility index (Phi) is 11.6. The van der Waals surface area contributed by atoms with Crippen LogP contribution in [0.5, 0.6) is 0 Å². The number of benzene rings is 2. The second-order valence-electron chi connectivity index (χ2n) is 13.7. The number of nitrogens with zero attached hydrogens (tertiary/aromatic N) is 1. The van der Waals surface area contributed by atoms with Gasteiger partial charge < -0.3 is 30.0 Å². The molecule has 3 heterocycles. The summed E-state index contributed by atoms with van der Waals surface area (Å²) in [5.41, 5.74) is 0.804. The zero-order valence-electron chi connectivity index (χ0n) is 28.3. The SMILES string of the molecule is CCCCCC1(CCCCC)OC2C3CC4(C(=O)NCc5cccc(C(=O)NCCO)c5)C(ON(Cc5cccc(I)c5)C4C(=O)O3)C2O1. The Morgan fingerprint density at radius 2 is 1.67 bits per heavy atom. The van der Waals surface area contributed by atoms with Crippen LogP contribution in [-0.4, -0.2) is 77.3 Å². The maximum Gasteiger partial charge on any atom is 0.327 e. The topological polar surface area (TPSA) is 136 Å². The van der Waals surface area contributed by atoms with E-state index in [0.29, 0.717) is 5.56 Å². The minimum Gasteiger partial charge on any atom is -0.458 e. The highest BCUT2D eigenvalue weighted by Crippen LogP contribution is 2.58. The number of aliphatic hydroxyl groups is 1. The van der Waals surface area contributed by atoms with E-state index in [4.69, 9.17) is 24.2 Å². The van der Waals surface area contributed by atoms with Gasteiger partial charge in [-0.2, -0.15) is 5.06 Å². The zero-order chi connectivity index (χ0) is 34.6. The van der Waals surface area contributed by atoms with Crippen molar-refractivity contribution >= 4 is 40.4 Å². The van der Waals surface area contributed by atoms with Gasteiger partial charge in [0.2, 0.25) is 5.91 Å². The lowest BCUT2D eigenvalue weighted by Crippen LogP contribution is -2.69. The van der Waals surface area contributed by atoms with E-state index >= 15 is 0 Å². The van der Waals surface area contributed by atoms with Crippen molar-refractivity contribution in [2.75, 3.05) is 13.2 Å². The van der Waals surface area contributed by atoms with E-state index in [1.807, 2.05) is 30.3 Å². The summed E-state index contributed by atoms with van der Waals surface area (Å²) in [5, 5.41) is 16.5. The third kappa shape index (κ3) is 7.41. The number of unbranched alkanes of at least 4 members (excludes halogenated alkanes) is 4. The van der Waals surface area contributed by atoms with Crippen LogP contribution in [0.1, 0.15) is 93.1 Å². The molecule has 2 amide bonds. The Labute approximate surface area is 301 Å². The molecule has 2 aromatic carbocycles. The zero-order valence-corrected chi connectivity index (χ0v) is 30.5. The second kappa shape index (κ2) is 15.7. The summed E-state index contributed by atoms with van der Waals surface area (Å²) in [6.07, 6.45) is 5.24. The number of hydrogen-bond donors (Lipinski definition) is 3. The Balaban J connectivity index is 1.31. The lowest BCUT2D eigenvalue weighted by molar-refractivity contribution is -0.224. The van der Waals surface area contributed by atoms with Crippen LogP contribution in [0.4, 0.5) is 0 Å². The molecule has 3 N–H and O–H groups in total. The molecule has 1 aliphatic carbocycles. The Hall–Kier alpha value is -2.62. The van der Waals surface area contributed by atoms with Crippen molar-refractivity contribution in [1.29, 1.82) is 0 Å². The molecule has 4 fully saturated rings. The van der Waals surface area contributed by atoms with Gasteiger partial charge in [-0.1, -0.05) is 63.8 Å². The third-order valence-electron chi connectivity index (χ3n) is 10.3. The monoisotopic (exact) mass is 789 g/mol. The van der Waals surface area contributed by atoms with Crippen molar-refractivity contribution in [2.45, 2.75) is 121 Å². The van der Waals surface area contributed by atoms with E-state index < -0.39 is 47.6 Å². The van der Waals surface area contributed by atoms with E-state index in [0.717, 1.165) is 66.1 Å². The number of carbonyl (C=O) groups excluding carboxylic acids is 3. The first-order chi connectivity index (χ1) is 23.7. The quantitative estimate of drug-likeness (QED) is 0.125. The number of hydroxylamine groups is 2. The van der Waals surface area contributed by atoms with E-state index in [-0.39, 0.29) is 44.5 Å². The number of halogens is 1.